The Hall–Kier alpha value is -1.25. The number of imidazole rings is 1. The number of nitrogens with one attached hydrogen (secondary N) is 1. The molecule has 0 atom stereocenters. The second-order valence-electron chi connectivity index (χ2n) is 3.59. The van der Waals surface area contributed by atoms with Crippen LogP contribution < -0.4 is 10.9 Å². The summed E-state index contributed by atoms with van der Waals surface area (Å²) in [6.07, 6.45) is -3.72. The van der Waals surface area contributed by atoms with Crippen LogP contribution in [0.15, 0.2) is 16.9 Å². The molecule has 4 nitrogen and oxygen atoms in total. The average Bonchev–Trinajstić information content (AvgIpc) is 2.59. The highest BCUT2D eigenvalue weighted by atomic mass is 79.9. The molecule has 0 bridgehead atoms. The Balaban J connectivity index is 2.22. The van der Waals surface area contributed by atoms with E-state index in [0.717, 1.165) is 0 Å². The summed E-state index contributed by atoms with van der Waals surface area (Å²) in [7, 11) is 5.62. The van der Waals surface area contributed by atoms with Crippen molar-refractivity contribution in [2.45, 2.75) is 12.6 Å². The Morgan fingerprint density at radius 3 is 2.83 bits per heavy atom. The molecule has 0 aliphatic carbocycles. The third-order valence-corrected chi connectivity index (χ3v) is 2.58. The molecule has 94 valence electrons. The van der Waals surface area contributed by atoms with Crippen molar-refractivity contribution in [2.75, 3.05) is 11.9 Å². The Kier molecular flexibility index (Phi) is 3.51. The van der Waals surface area contributed by atoms with Crippen LogP contribution in [0.2, 0.25) is 0 Å². The summed E-state index contributed by atoms with van der Waals surface area (Å²) >= 11 is 3.16. The molecule has 0 spiro atoms. The van der Waals surface area contributed by atoms with Gasteiger partial charge in [-0.3, -0.25) is 0 Å². The highest BCUT2D eigenvalue weighted by Gasteiger charge is 2.26. The Bertz CT molecular complexity index is 569. The van der Waals surface area contributed by atoms with Crippen molar-refractivity contribution in [1.82, 2.24) is 14.6 Å². The molecule has 0 fully saturated rings. The lowest BCUT2D eigenvalue weighted by atomic mass is 10.1. The van der Waals surface area contributed by atoms with Crippen LogP contribution >= 0.6 is 15.9 Å². The van der Waals surface area contributed by atoms with Gasteiger partial charge in [0.15, 0.2) is 5.65 Å². The molecule has 1 N–H and O–H groups in total. The van der Waals surface area contributed by atoms with Gasteiger partial charge in [-0.05, 0) is 22.0 Å². The fraction of sp³-hybridized carbons (Fsp3) is 0.333. The molecule has 2 heterocycles. The van der Waals surface area contributed by atoms with Gasteiger partial charge in [0, 0.05) is 18.3 Å². The number of alkyl halides is 3. The molecular formula is C9H7BBrF3N4. The minimum Gasteiger partial charge on any atom is -0.382 e. The highest BCUT2D eigenvalue weighted by Crippen LogP contribution is 2.21. The van der Waals surface area contributed by atoms with E-state index in [0.29, 0.717) is 21.5 Å². The number of hydrogen-bond donors (Lipinski definition) is 1. The molecule has 2 aromatic rings. The SMILES string of the molecule is [B]c1cnc2c(NCCC(F)(F)F)cc(Br)nn12. The van der Waals surface area contributed by atoms with Crippen LogP contribution in [0.25, 0.3) is 5.65 Å². The van der Waals surface area contributed by atoms with E-state index in [4.69, 9.17) is 7.85 Å². The molecule has 0 saturated carbocycles. The lowest BCUT2D eigenvalue weighted by molar-refractivity contribution is -0.131. The normalized spacial score (nSPS) is 12.0. The van der Waals surface area contributed by atoms with E-state index in [1.165, 1.54) is 10.7 Å². The van der Waals surface area contributed by atoms with Gasteiger partial charge in [0.25, 0.3) is 0 Å². The largest absolute Gasteiger partial charge is 0.390 e. The zero-order chi connectivity index (χ0) is 13.3. The number of aromatic nitrogens is 3. The summed E-state index contributed by atoms with van der Waals surface area (Å²) in [6, 6.07) is 1.55. The van der Waals surface area contributed by atoms with E-state index in [1.807, 2.05) is 0 Å². The van der Waals surface area contributed by atoms with E-state index >= 15 is 0 Å². The van der Waals surface area contributed by atoms with Crippen molar-refractivity contribution in [2.24, 2.45) is 0 Å². The van der Waals surface area contributed by atoms with Crippen LogP contribution in [0.4, 0.5) is 18.9 Å². The number of halogens is 4. The molecule has 0 saturated heterocycles. The van der Waals surface area contributed by atoms with Crippen LogP contribution in [0.3, 0.4) is 0 Å². The molecule has 0 unspecified atom stereocenters. The first-order valence-corrected chi connectivity index (χ1v) is 5.76. The minimum atomic E-state index is -4.19. The maximum atomic E-state index is 12.1. The quantitative estimate of drug-likeness (QED) is 0.875. The van der Waals surface area contributed by atoms with Gasteiger partial charge < -0.3 is 5.32 Å². The van der Waals surface area contributed by atoms with Gasteiger partial charge >= 0.3 is 6.18 Å². The third-order valence-electron chi connectivity index (χ3n) is 2.19. The summed E-state index contributed by atoms with van der Waals surface area (Å²) < 4.78 is 38.0. The molecule has 2 rings (SSSR count). The molecule has 0 aromatic carbocycles. The average molecular weight is 319 g/mol. The fourth-order valence-corrected chi connectivity index (χ4v) is 1.81. The lowest BCUT2D eigenvalue weighted by Gasteiger charge is -2.10. The van der Waals surface area contributed by atoms with Gasteiger partial charge in [-0.1, -0.05) is 0 Å². The smallest absolute Gasteiger partial charge is 0.382 e. The summed E-state index contributed by atoms with van der Waals surface area (Å²) in [6.45, 7) is -0.234. The first-order valence-electron chi connectivity index (χ1n) is 4.97. The topological polar surface area (TPSA) is 42.2 Å². The lowest BCUT2D eigenvalue weighted by Crippen LogP contribution is -2.16. The molecule has 9 heteroatoms. The van der Waals surface area contributed by atoms with Gasteiger partial charge in [0.2, 0.25) is 0 Å². The van der Waals surface area contributed by atoms with E-state index in [2.05, 4.69) is 31.3 Å². The van der Waals surface area contributed by atoms with Crippen LogP contribution in [0.1, 0.15) is 6.42 Å². The monoisotopic (exact) mass is 318 g/mol. The van der Waals surface area contributed by atoms with Crippen molar-refractivity contribution in [3.63, 3.8) is 0 Å². The summed E-state index contributed by atoms with van der Waals surface area (Å²) in [5.41, 5.74) is 1.14. The van der Waals surface area contributed by atoms with Crippen molar-refractivity contribution < 1.29 is 13.2 Å². The number of nitrogens with zero attached hydrogens (tertiary/aromatic N) is 3. The first-order chi connectivity index (χ1) is 8.37. The maximum Gasteiger partial charge on any atom is 0.390 e. The molecular weight excluding hydrogens is 312 g/mol. The van der Waals surface area contributed by atoms with Crippen molar-refractivity contribution in [3.8, 4) is 0 Å². The second kappa shape index (κ2) is 4.79. The maximum absolute atomic E-state index is 12.1. The summed E-state index contributed by atoms with van der Waals surface area (Å²) in [5, 5.41) is 6.71. The minimum absolute atomic E-state index is 0.234. The van der Waals surface area contributed by atoms with Crippen molar-refractivity contribution in [3.05, 3.63) is 16.9 Å². The number of anilines is 1. The number of hydrogen-bond acceptors (Lipinski definition) is 3. The second-order valence-corrected chi connectivity index (χ2v) is 4.40. The van der Waals surface area contributed by atoms with E-state index in [-0.39, 0.29) is 6.54 Å². The van der Waals surface area contributed by atoms with Gasteiger partial charge in [-0.2, -0.15) is 18.3 Å². The predicted molar refractivity (Wildman–Crippen MR) is 65.2 cm³/mol. The number of rotatable bonds is 3. The molecule has 0 aliphatic heterocycles. The molecule has 2 radical (unpaired) electrons. The van der Waals surface area contributed by atoms with Gasteiger partial charge in [-0.25, -0.2) is 9.50 Å². The standard InChI is InChI=1S/C9H7BBrF3N4/c10-6-4-16-8-5(3-7(11)17-18(6)8)15-2-1-9(12,13)14/h3-4,15H,1-2H2. The van der Waals surface area contributed by atoms with Gasteiger partial charge in [-0.15, -0.1) is 0 Å². The molecule has 0 amide bonds. The zero-order valence-corrected chi connectivity index (χ0v) is 10.6. The molecule has 18 heavy (non-hydrogen) atoms. The van der Waals surface area contributed by atoms with Crippen LogP contribution in [0, 0.1) is 0 Å². The first kappa shape index (κ1) is 13.2. The molecule has 0 aliphatic rings. The third kappa shape index (κ3) is 2.95. The Labute approximate surface area is 110 Å². The van der Waals surface area contributed by atoms with Crippen LogP contribution in [-0.2, 0) is 0 Å². The Morgan fingerprint density at radius 2 is 2.17 bits per heavy atom. The number of fused-ring (bicyclic) bond motifs is 1. The summed E-state index contributed by atoms with van der Waals surface area (Å²) in [5.74, 6) is 0. The van der Waals surface area contributed by atoms with Crippen molar-refractivity contribution in [1.29, 1.82) is 0 Å². The van der Waals surface area contributed by atoms with Gasteiger partial charge in [0.05, 0.1) is 12.1 Å². The zero-order valence-electron chi connectivity index (χ0n) is 9.00. The summed E-state index contributed by atoms with van der Waals surface area (Å²) in [4.78, 5) is 3.99. The van der Waals surface area contributed by atoms with E-state index < -0.39 is 12.6 Å². The highest BCUT2D eigenvalue weighted by molar-refractivity contribution is 9.10. The molecule has 2 aromatic heterocycles. The predicted octanol–water partition coefficient (Wildman–Crippen LogP) is 1.65. The van der Waals surface area contributed by atoms with Crippen molar-refractivity contribution >= 4 is 40.7 Å². The van der Waals surface area contributed by atoms with E-state index in [9.17, 15) is 13.2 Å². The van der Waals surface area contributed by atoms with Crippen LogP contribution in [0.5, 0.6) is 0 Å². The fourth-order valence-electron chi connectivity index (χ4n) is 1.42. The van der Waals surface area contributed by atoms with Gasteiger partial charge in [0.1, 0.15) is 12.4 Å². The van der Waals surface area contributed by atoms with Crippen LogP contribution in [-0.4, -0.2) is 35.2 Å². The van der Waals surface area contributed by atoms with E-state index in [1.54, 1.807) is 6.07 Å². The Morgan fingerprint density at radius 1 is 1.44 bits per heavy atom.